The third-order valence-electron chi connectivity index (χ3n) is 3.25. The average Bonchev–Trinajstić information content (AvgIpc) is 2.66. The molecular weight excluding hydrogens is 291 g/mol. The molecule has 19 heavy (non-hydrogen) atoms. The zero-order valence-electron chi connectivity index (χ0n) is 10.2. The first-order valence-corrected chi connectivity index (χ1v) is 6.73. The summed E-state index contributed by atoms with van der Waals surface area (Å²) in [6.45, 7) is 3.28. The lowest BCUT2D eigenvalue weighted by Crippen LogP contribution is -2.32. The van der Waals surface area contributed by atoms with Crippen molar-refractivity contribution in [3.63, 3.8) is 0 Å². The summed E-state index contributed by atoms with van der Waals surface area (Å²) in [5, 5.41) is 0.172. The lowest BCUT2D eigenvalue weighted by atomic mass is 10.0. The molecule has 3 rings (SSSR count). The Morgan fingerprint density at radius 3 is 2.89 bits per heavy atom. The highest BCUT2D eigenvalue weighted by molar-refractivity contribution is 6.35. The molecule has 8 heteroatoms. The molecule has 0 unspecified atom stereocenters. The molecule has 1 aliphatic rings. The quantitative estimate of drug-likeness (QED) is 0.646. The molecule has 6 nitrogen and oxygen atoms in total. The molecule has 1 aliphatic heterocycles. The second-order valence-corrected chi connectivity index (χ2v) is 5.51. The SMILES string of the molecule is C[C@@H]1COC[C@H](n2c(=O)[nH]c3c(Cl)nc(Cl)nc32)C1. The predicted octanol–water partition coefficient (Wildman–Crippen LogP) is 2.02. The van der Waals surface area contributed by atoms with Crippen LogP contribution in [0.25, 0.3) is 11.2 Å². The van der Waals surface area contributed by atoms with Crippen LogP contribution < -0.4 is 5.69 Å². The summed E-state index contributed by atoms with van der Waals surface area (Å²) in [4.78, 5) is 22.7. The van der Waals surface area contributed by atoms with Crippen LogP contribution in [0, 0.1) is 5.92 Å². The van der Waals surface area contributed by atoms with Gasteiger partial charge in [-0.2, -0.15) is 4.98 Å². The van der Waals surface area contributed by atoms with E-state index in [1.54, 1.807) is 4.57 Å². The number of nitrogens with zero attached hydrogens (tertiary/aromatic N) is 3. The number of aromatic nitrogens is 4. The van der Waals surface area contributed by atoms with Gasteiger partial charge in [-0.05, 0) is 23.9 Å². The first-order valence-electron chi connectivity index (χ1n) is 5.97. The van der Waals surface area contributed by atoms with Gasteiger partial charge in [-0.15, -0.1) is 0 Å². The second-order valence-electron chi connectivity index (χ2n) is 4.81. The van der Waals surface area contributed by atoms with Gasteiger partial charge in [-0.25, -0.2) is 9.78 Å². The van der Waals surface area contributed by atoms with Gasteiger partial charge in [0.05, 0.1) is 12.6 Å². The molecule has 0 spiro atoms. The first-order chi connectivity index (χ1) is 9.06. The Hall–Kier alpha value is -1.11. The fourth-order valence-electron chi connectivity index (χ4n) is 2.47. The van der Waals surface area contributed by atoms with Crippen molar-refractivity contribution in [1.29, 1.82) is 0 Å². The lowest BCUT2D eigenvalue weighted by molar-refractivity contribution is 0.0259. The molecule has 1 fully saturated rings. The maximum absolute atomic E-state index is 12.1. The summed E-state index contributed by atoms with van der Waals surface area (Å²) >= 11 is 11.8. The Morgan fingerprint density at radius 2 is 2.16 bits per heavy atom. The van der Waals surface area contributed by atoms with E-state index in [4.69, 9.17) is 27.9 Å². The summed E-state index contributed by atoms with van der Waals surface area (Å²) in [6, 6.07) is -0.0629. The molecule has 0 bridgehead atoms. The van der Waals surface area contributed by atoms with Gasteiger partial charge in [0.2, 0.25) is 5.28 Å². The smallest absolute Gasteiger partial charge is 0.328 e. The molecular formula is C11H12Cl2N4O2. The van der Waals surface area contributed by atoms with Crippen molar-refractivity contribution in [3.8, 4) is 0 Å². The average molecular weight is 303 g/mol. The largest absolute Gasteiger partial charge is 0.379 e. The fourth-order valence-corrected chi connectivity index (χ4v) is 2.89. The molecule has 0 aromatic carbocycles. The van der Waals surface area contributed by atoms with E-state index in [0.717, 1.165) is 6.42 Å². The van der Waals surface area contributed by atoms with Crippen molar-refractivity contribution in [2.75, 3.05) is 13.2 Å². The van der Waals surface area contributed by atoms with E-state index in [2.05, 4.69) is 21.9 Å². The Morgan fingerprint density at radius 1 is 1.37 bits per heavy atom. The molecule has 0 radical (unpaired) electrons. The highest BCUT2D eigenvalue weighted by atomic mass is 35.5. The predicted molar refractivity (Wildman–Crippen MR) is 71.8 cm³/mol. The van der Waals surface area contributed by atoms with Crippen molar-refractivity contribution in [1.82, 2.24) is 19.5 Å². The fraction of sp³-hybridized carbons (Fsp3) is 0.545. The van der Waals surface area contributed by atoms with Crippen molar-refractivity contribution < 1.29 is 4.74 Å². The normalized spacial score (nSPS) is 23.9. The van der Waals surface area contributed by atoms with Gasteiger partial charge in [-0.1, -0.05) is 18.5 Å². The molecule has 2 aromatic heterocycles. The minimum absolute atomic E-state index is 0.0232. The molecule has 3 heterocycles. The second kappa shape index (κ2) is 4.77. The van der Waals surface area contributed by atoms with Gasteiger partial charge in [0.25, 0.3) is 0 Å². The number of nitrogens with one attached hydrogen (secondary N) is 1. The van der Waals surface area contributed by atoms with Crippen LogP contribution in [0.3, 0.4) is 0 Å². The molecule has 1 saturated heterocycles. The highest BCUT2D eigenvalue weighted by Crippen LogP contribution is 2.27. The van der Waals surface area contributed by atoms with E-state index >= 15 is 0 Å². The van der Waals surface area contributed by atoms with Crippen molar-refractivity contribution in [2.45, 2.75) is 19.4 Å². The lowest BCUT2D eigenvalue weighted by Gasteiger charge is -2.27. The number of ether oxygens (including phenoxy) is 1. The van der Waals surface area contributed by atoms with E-state index in [9.17, 15) is 4.79 Å². The summed E-state index contributed by atoms with van der Waals surface area (Å²) < 4.78 is 7.06. The van der Waals surface area contributed by atoms with Crippen LogP contribution in [0.4, 0.5) is 0 Å². The number of imidazole rings is 1. The number of rotatable bonds is 1. The Bertz CT molecular complexity index is 681. The Kier molecular flexibility index (Phi) is 3.24. The van der Waals surface area contributed by atoms with Crippen LogP contribution in [0.5, 0.6) is 0 Å². The van der Waals surface area contributed by atoms with Gasteiger partial charge < -0.3 is 9.72 Å². The maximum Gasteiger partial charge on any atom is 0.328 e. The Labute approximate surface area is 118 Å². The van der Waals surface area contributed by atoms with Gasteiger partial charge in [0.15, 0.2) is 10.8 Å². The molecule has 102 valence electrons. The number of aromatic amines is 1. The summed E-state index contributed by atoms with van der Waals surface area (Å²) in [5.74, 6) is 0.392. The Balaban J connectivity index is 2.17. The maximum atomic E-state index is 12.1. The van der Waals surface area contributed by atoms with Crippen LogP contribution in [0.2, 0.25) is 10.4 Å². The van der Waals surface area contributed by atoms with Crippen molar-refractivity contribution >= 4 is 34.4 Å². The number of halogens is 2. The molecule has 2 aromatic rings. The molecule has 1 N–H and O–H groups in total. The van der Waals surface area contributed by atoms with Crippen LogP contribution in [-0.4, -0.2) is 32.7 Å². The summed E-state index contributed by atoms with van der Waals surface area (Å²) in [7, 11) is 0. The zero-order valence-corrected chi connectivity index (χ0v) is 11.7. The van der Waals surface area contributed by atoms with Crippen LogP contribution in [-0.2, 0) is 4.74 Å². The minimum Gasteiger partial charge on any atom is -0.379 e. The number of H-pyrrole nitrogens is 1. The van der Waals surface area contributed by atoms with Crippen LogP contribution in [0.1, 0.15) is 19.4 Å². The van der Waals surface area contributed by atoms with E-state index in [1.807, 2.05) is 0 Å². The summed E-state index contributed by atoms with van der Waals surface area (Å²) in [5.41, 5.74) is 0.572. The van der Waals surface area contributed by atoms with Gasteiger partial charge in [-0.3, -0.25) is 4.57 Å². The topological polar surface area (TPSA) is 72.8 Å². The standard InChI is InChI=1S/C11H12Cl2N4O2/c1-5-2-6(4-19-3-5)17-9-7(14-11(17)18)8(12)15-10(13)16-9/h5-6H,2-4H2,1H3,(H,14,18)/t5-,6+/m0/s1. The molecule has 0 aliphatic carbocycles. The van der Waals surface area contributed by atoms with Crippen LogP contribution in [0.15, 0.2) is 4.79 Å². The van der Waals surface area contributed by atoms with Gasteiger partial charge in [0.1, 0.15) is 5.52 Å². The monoisotopic (exact) mass is 302 g/mol. The van der Waals surface area contributed by atoms with Crippen molar-refractivity contribution in [2.24, 2.45) is 5.92 Å². The van der Waals surface area contributed by atoms with E-state index < -0.39 is 0 Å². The summed E-state index contributed by atoms with van der Waals surface area (Å²) in [6.07, 6.45) is 0.853. The van der Waals surface area contributed by atoms with E-state index in [0.29, 0.717) is 30.3 Å². The number of hydrogen-bond acceptors (Lipinski definition) is 4. The third-order valence-corrected chi connectivity index (χ3v) is 3.69. The zero-order chi connectivity index (χ0) is 13.6. The molecule has 0 saturated carbocycles. The third kappa shape index (κ3) is 2.24. The van der Waals surface area contributed by atoms with E-state index in [1.165, 1.54) is 0 Å². The van der Waals surface area contributed by atoms with Crippen molar-refractivity contribution in [3.05, 3.63) is 20.9 Å². The number of fused-ring (bicyclic) bond motifs is 1. The van der Waals surface area contributed by atoms with E-state index in [-0.39, 0.29) is 22.2 Å². The first kappa shape index (κ1) is 12.9. The molecule has 2 atom stereocenters. The minimum atomic E-state index is -0.267. The van der Waals surface area contributed by atoms with Crippen LogP contribution >= 0.6 is 23.2 Å². The molecule has 0 amide bonds. The number of hydrogen-bond donors (Lipinski definition) is 1. The van der Waals surface area contributed by atoms with Gasteiger partial charge in [0, 0.05) is 6.61 Å². The van der Waals surface area contributed by atoms with Gasteiger partial charge >= 0.3 is 5.69 Å². The highest BCUT2D eigenvalue weighted by Gasteiger charge is 2.25.